The first-order valence-electron chi connectivity index (χ1n) is 15.0. The highest BCUT2D eigenvalue weighted by Gasteiger charge is 2.41. The molecule has 3 aromatic rings. The van der Waals surface area contributed by atoms with Crippen molar-refractivity contribution >= 4 is 27.6 Å². The van der Waals surface area contributed by atoms with Gasteiger partial charge >= 0.3 is 6.18 Å². The summed E-state index contributed by atoms with van der Waals surface area (Å²) in [6, 6.07) is 11.6. The maximum atomic E-state index is 14.2. The largest absolute Gasteiger partial charge is 0.495 e. The molecule has 10 nitrogen and oxygen atoms in total. The van der Waals surface area contributed by atoms with E-state index in [4.69, 9.17) is 4.74 Å². The molecule has 2 aromatic carbocycles. The Hall–Kier alpha value is -3.75. The second-order valence-electron chi connectivity index (χ2n) is 12.1. The van der Waals surface area contributed by atoms with Crippen LogP contribution in [0.2, 0.25) is 0 Å². The van der Waals surface area contributed by atoms with Crippen LogP contribution in [0, 0.1) is 5.92 Å². The van der Waals surface area contributed by atoms with Crippen LogP contribution in [0.1, 0.15) is 51.6 Å². The second kappa shape index (κ2) is 13.2. The zero-order chi connectivity index (χ0) is 33.4. The Labute approximate surface area is 267 Å². The Morgan fingerprint density at radius 2 is 1.83 bits per heavy atom. The number of anilines is 2. The SMILES string of the molecule is COc1ccc(C(=O)N(C)C2CCN(C)CC2)cc1Nc1ncc(C(F)(F)F)c(C[C@@H]2Cc3ccccc3[C@H]2N(C)S(C)(=O)=O)n1. The number of nitrogens with one attached hydrogen (secondary N) is 1. The molecule has 1 N–H and O–H groups in total. The lowest BCUT2D eigenvalue weighted by Gasteiger charge is -2.35. The molecule has 2 heterocycles. The molecule has 1 aliphatic heterocycles. The van der Waals surface area contributed by atoms with Crippen LogP contribution in [0.25, 0.3) is 0 Å². The van der Waals surface area contributed by atoms with Crippen LogP contribution in [0.5, 0.6) is 5.75 Å². The number of amides is 1. The van der Waals surface area contributed by atoms with E-state index in [1.54, 1.807) is 36.2 Å². The van der Waals surface area contributed by atoms with Crippen molar-refractivity contribution in [2.75, 3.05) is 52.9 Å². The fourth-order valence-corrected chi connectivity index (χ4v) is 7.17. The number of hydrogen-bond donors (Lipinski definition) is 1. The van der Waals surface area contributed by atoms with Gasteiger partial charge < -0.3 is 19.9 Å². The van der Waals surface area contributed by atoms with Gasteiger partial charge in [-0.25, -0.2) is 18.4 Å². The number of ether oxygens (including phenoxy) is 1. The third kappa shape index (κ3) is 7.13. The molecule has 14 heteroatoms. The van der Waals surface area contributed by atoms with Gasteiger partial charge in [-0.2, -0.15) is 17.5 Å². The molecule has 46 heavy (non-hydrogen) atoms. The Balaban J connectivity index is 1.45. The summed E-state index contributed by atoms with van der Waals surface area (Å²) in [5.74, 6) is -0.453. The van der Waals surface area contributed by atoms with E-state index in [0.29, 0.717) is 23.4 Å². The van der Waals surface area contributed by atoms with Crippen LogP contribution in [0.4, 0.5) is 24.8 Å². The molecule has 0 spiro atoms. The van der Waals surface area contributed by atoms with Gasteiger partial charge in [0.1, 0.15) is 5.75 Å². The number of hydrogen-bond acceptors (Lipinski definition) is 8. The average molecular weight is 661 g/mol. The lowest BCUT2D eigenvalue weighted by molar-refractivity contribution is -0.138. The predicted molar refractivity (Wildman–Crippen MR) is 169 cm³/mol. The Morgan fingerprint density at radius 1 is 1.13 bits per heavy atom. The molecule has 1 aromatic heterocycles. The van der Waals surface area contributed by atoms with Crippen LogP contribution >= 0.6 is 0 Å². The number of benzene rings is 2. The molecule has 5 rings (SSSR count). The first-order valence-corrected chi connectivity index (χ1v) is 16.9. The fraction of sp³-hybridized carbons (Fsp3) is 0.469. The maximum Gasteiger partial charge on any atom is 0.419 e. The number of aromatic nitrogens is 2. The number of alkyl halides is 3. The van der Waals surface area contributed by atoms with Gasteiger partial charge in [0, 0.05) is 31.9 Å². The Bertz CT molecular complexity index is 1700. The highest BCUT2D eigenvalue weighted by atomic mass is 32.2. The molecule has 2 atom stereocenters. The second-order valence-corrected chi connectivity index (χ2v) is 14.2. The molecule has 1 fully saturated rings. The van der Waals surface area contributed by atoms with Crippen LogP contribution in [0.3, 0.4) is 0 Å². The molecule has 1 amide bonds. The minimum atomic E-state index is -4.74. The molecule has 0 unspecified atom stereocenters. The normalized spacial score (nSPS) is 19.2. The molecular formula is C32H39F3N6O4S. The van der Waals surface area contributed by atoms with E-state index in [0.717, 1.165) is 49.5 Å². The molecule has 0 saturated carbocycles. The van der Waals surface area contributed by atoms with Crippen LogP contribution in [0.15, 0.2) is 48.7 Å². The molecule has 0 radical (unpaired) electrons. The molecule has 2 aliphatic rings. The summed E-state index contributed by atoms with van der Waals surface area (Å²) in [5.41, 5.74) is 1.09. The van der Waals surface area contributed by atoms with Crippen LogP contribution < -0.4 is 10.1 Å². The van der Waals surface area contributed by atoms with E-state index in [-0.39, 0.29) is 30.0 Å². The molecule has 1 saturated heterocycles. The van der Waals surface area contributed by atoms with Gasteiger partial charge in [0.25, 0.3) is 5.91 Å². The number of carbonyl (C=O) groups is 1. The Morgan fingerprint density at radius 3 is 2.48 bits per heavy atom. The average Bonchev–Trinajstić information content (AvgIpc) is 3.36. The first kappa shape index (κ1) is 33.6. The zero-order valence-electron chi connectivity index (χ0n) is 26.5. The summed E-state index contributed by atoms with van der Waals surface area (Å²) in [6.45, 7) is 1.78. The minimum absolute atomic E-state index is 0.0929. The van der Waals surface area contributed by atoms with Gasteiger partial charge in [-0.05, 0) is 81.1 Å². The van der Waals surface area contributed by atoms with E-state index in [2.05, 4.69) is 20.2 Å². The first-order chi connectivity index (χ1) is 21.7. The highest BCUT2D eigenvalue weighted by Crippen LogP contribution is 2.43. The minimum Gasteiger partial charge on any atom is -0.495 e. The van der Waals surface area contributed by atoms with E-state index in [1.807, 2.05) is 25.2 Å². The number of likely N-dealkylation sites (tertiary alicyclic amines) is 1. The van der Waals surface area contributed by atoms with Crippen molar-refractivity contribution in [3.8, 4) is 5.75 Å². The summed E-state index contributed by atoms with van der Waals surface area (Å²) in [4.78, 5) is 25.7. The number of piperidine rings is 1. The van der Waals surface area contributed by atoms with Crippen LogP contribution in [-0.4, -0.2) is 92.0 Å². The number of nitrogens with zero attached hydrogens (tertiary/aromatic N) is 5. The number of fused-ring (bicyclic) bond motifs is 1. The highest BCUT2D eigenvalue weighted by molar-refractivity contribution is 7.88. The van der Waals surface area contributed by atoms with Gasteiger partial charge in [-0.1, -0.05) is 24.3 Å². The van der Waals surface area contributed by atoms with Crippen molar-refractivity contribution < 1.29 is 31.1 Å². The predicted octanol–water partition coefficient (Wildman–Crippen LogP) is 4.76. The fourth-order valence-electron chi connectivity index (χ4n) is 6.47. The van der Waals surface area contributed by atoms with Crippen molar-refractivity contribution in [2.45, 2.75) is 43.9 Å². The van der Waals surface area contributed by atoms with E-state index in [9.17, 15) is 26.4 Å². The summed E-state index contributed by atoms with van der Waals surface area (Å²) in [7, 11) is 3.05. The maximum absolute atomic E-state index is 14.2. The molecule has 1 aliphatic carbocycles. The van der Waals surface area contributed by atoms with Gasteiger partial charge in [0.2, 0.25) is 16.0 Å². The number of carbonyl (C=O) groups excluding carboxylic acids is 1. The lowest BCUT2D eigenvalue weighted by Crippen LogP contribution is -2.44. The van der Waals surface area contributed by atoms with E-state index >= 15 is 0 Å². The number of methoxy groups -OCH3 is 1. The third-order valence-electron chi connectivity index (χ3n) is 9.09. The number of sulfonamides is 1. The van der Waals surface area contributed by atoms with Gasteiger partial charge in [-0.3, -0.25) is 4.79 Å². The van der Waals surface area contributed by atoms with Crippen molar-refractivity contribution in [2.24, 2.45) is 5.92 Å². The number of halogens is 3. The quantitative estimate of drug-likeness (QED) is 0.350. The van der Waals surface area contributed by atoms with Crippen molar-refractivity contribution in [3.63, 3.8) is 0 Å². The standard InChI is InChI=1S/C32H39F3N6O4S/c1-39-14-12-23(13-15-39)40(2)30(42)21-10-11-28(45-4)27(17-21)38-31-36-19-25(32(33,34)35)26(37-31)18-22-16-20-8-6-7-9-24(20)29(22)41(3)46(5,43)44/h6-11,17,19,22-23,29H,12-16,18H2,1-5H3,(H,36,37,38)/t22-,29-/m0/s1. The monoisotopic (exact) mass is 660 g/mol. The van der Waals surface area contributed by atoms with Crippen molar-refractivity contribution in [1.29, 1.82) is 0 Å². The van der Waals surface area contributed by atoms with E-state index < -0.39 is 33.7 Å². The summed E-state index contributed by atoms with van der Waals surface area (Å²) >= 11 is 0. The van der Waals surface area contributed by atoms with Gasteiger partial charge in [-0.15, -0.1) is 0 Å². The van der Waals surface area contributed by atoms with Gasteiger partial charge in [0.15, 0.2) is 0 Å². The zero-order valence-corrected chi connectivity index (χ0v) is 27.3. The summed E-state index contributed by atoms with van der Waals surface area (Å²) < 4.78 is 74.5. The molecular weight excluding hydrogens is 621 g/mol. The van der Waals surface area contributed by atoms with Gasteiger partial charge in [0.05, 0.1) is 36.4 Å². The topological polar surface area (TPSA) is 108 Å². The smallest absolute Gasteiger partial charge is 0.419 e. The van der Waals surface area contributed by atoms with E-state index in [1.165, 1.54) is 18.5 Å². The summed E-state index contributed by atoms with van der Waals surface area (Å²) in [6.07, 6.45) is -0.978. The lowest BCUT2D eigenvalue weighted by atomic mass is 9.93. The van der Waals surface area contributed by atoms with Crippen molar-refractivity contribution in [1.82, 2.24) is 24.1 Å². The van der Waals surface area contributed by atoms with Crippen LogP contribution in [-0.2, 0) is 29.0 Å². The molecule has 248 valence electrons. The van der Waals surface area contributed by atoms with Crippen molar-refractivity contribution in [3.05, 3.63) is 76.6 Å². The number of rotatable bonds is 9. The third-order valence-corrected chi connectivity index (χ3v) is 10.4. The Kier molecular flexibility index (Phi) is 9.62. The summed E-state index contributed by atoms with van der Waals surface area (Å²) in [5, 5.41) is 2.96. The molecule has 0 bridgehead atoms.